The summed E-state index contributed by atoms with van der Waals surface area (Å²) < 4.78 is 1.85. The fourth-order valence-corrected chi connectivity index (χ4v) is 1.98. The number of rotatable bonds is 4. The lowest BCUT2D eigenvalue weighted by Gasteiger charge is -2.11. The molecule has 1 aromatic heterocycles. The molecule has 0 unspecified atom stereocenters. The van der Waals surface area contributed by atoms with Crippen molar-refractivity contribution in [1.29, 1.82) is 5.26 Å². The van der Waals surface area contributed by atoms with Gasteiger partial charge in [-0.05, 0) is 32.0 Å². The second-order valence-electron chi connectivity index (χ2n) is 4.37. The molecule has 98 valence electrons. The van der Waals surface area contributed by atoms with Crippen molar-refractivity contribution < 1.29 is 0 Å². The van der Waals surface area contributed by atoms with E-state index in [1.807, 2.05) is 18.5 Å². The maximum absolute atomic E-state index is 8.78. The minimum atomic E-state index is 0.260. The number of nitrogens with zero attached hydrogens (tertiary/aromatic N) is 4. The highest BCUT2D eigenvalue weighted by Gasteiger charge is 2.08. The lowest BCUT2D eigenvalue weighted by molar-refractivity contribution is 0.509. The molecule has 19 heavy (non-hydrogen) atoms. The monoisotopic (exact) mass is 275 g/mol. The van der Waals surface area contributed by atoms with Crippen molar-refractivity contribution in [2.45, 2.75) is 26.4 Å². The van der Waals surface area contributed by atoms with Gasteiger partial charge in [0.2, 0.25) is 0 Å². The Hall–Kier alpha value is -2.06. The van der Waals surface area contributed by atoms with E-state index in [9.17, 15) is 0 Å². The Morgan fingerprint density at radius 2 is 2.26 bits per heavy atom. The summed E-state index contributed by atoms with van der Waals surface area (Å²) in [6.07, 6.45) is 1.54. The van der Waals surface area contributed by atoms with E-state index in [1.54, 1.807) is 18.2 Å². The topological polar surface area (TPSA) is 66.5 Å². The quantitative estimate of drug-likeness (QED) is 0.931. The smallest absolute Gasteiger partial charge is 0.146 e. The first-order valence-electron chi connectivity index (χ1n) is 5.93. The molecular weight excluding hydrogens is 262 g/mol. The standard InChI is InChI=1S/C13H14ClN5/c1-9(2)19-13(17-8-18-19)7-16-12-4-3-10(6-15)5-11(12)14/h3-5,8-9,16H,7H2,1-2H3. The summed E-state index contributed by atoms with van der Waals surface area (Å²) in [5, 5.41) is 16.7. The summed E-state index contributed by atoms with van der Waals surface area (Å²) in [4.78, 5) is 4.21. The van der Waals surface area contributed by atoms with Crippen LogP contribution in [0.15, 0.2) is 24.5 Å². The molecule has 5 nitrogen and oxygen atoms in total. The first kappa shape index (κ1) is 13.4. The van der Waals surface area contributed by atoms with Crippen molar-refractivity contribution in [3.05, 3.63) is 40.9 Å². The van der Waals surface area contributed by atoms with Crippen molar-refractivity contribution in [3.8, 4) is 6.07 Å². The molecule has 0 saturated heterocycles. The third kappa shape index (κ3) is 3.04. The third-order valence-corrected chi connectivity index (χ3v) is 2.98. The molecular formula is C13H14ClN5. The SMILES string of the molecule is CC(C)n1ncnc1CNc1ccc(C#N)cc1Cl. The molecule has 0 fully saturated rings. The average Bonchev–Trinajstić information content (AvgIpc) is 2.85. The van der Waals surface area contributed by atoms with E-state index in [4.69, 9.17) is 16.9 Å². The molecule has 0 aliphatic carbocycles. The van der Waals surface area contributed by atoms with Gasteiger partial charge in [0.15, 0.2) is 0 Å². The van der Waals surface area contributed by atoms with E-state index in [-0.39, 0.29) is 6.04 Å². The van der Waals surface area contributed by atoms with Gasteiger partial charge in [-0.3, -0.25) is 0 Å². The van der Waals surface area contributed by atoms with Crippen molar-refractivity contribution in [2.75, 3.05) is 5.32 Å². The highest BCUT2D eigenvalue weighted by molar-refractivity contribution is 6.33. The van der Waals surface area contributed by atoms with Crippen LogP contribution in [-0.4, -0.2) is 14.8 Å². The summed E-state index contributed by atoms with van der Waals surface area (Å²) in [6, 6.07) is 7.46. The van der Waals surface area contributed by atoms with Gasteiger partial charge in [-0.1, -0.05) is 11.6 Å². The summed E-state index contributed by atoms with van der Waals surface area (Å²) in [5.74, 6) is 0.843. The van der Waals surface area contributed by atoms with Crippen LogP contribution in [0.4, 0.5) is 5.69 Å². The summed E-state index contributed by atoms with van der Waals surface area (Å²) in [7, 11) is 0. The Bertz CT molecular complexity index is 612. The van der Waals surface area contributed by atoms with Crippen molar-refractivity contribution in [1.82, 2.24) is 14.8 Å². The van der Waals surface area contributed by atoms with Crippen molar-refractivity contribution in [3.63, 3.8) is 0 Å². The number of anilines is 1. The third-order valence-electron chi connectivity index (χ3n) is 2.67. The maximum Gasteiger partial charge on any atom is 0.146 e. The van der Waals surface area contributed by atoms with Gasteiger partial charge in [-0.15, -0.1) is 0 Å². The highest BCUT2D eigenvalue weighted by Crippen LogP contribution is 2.23. The number of aromatic nitrogens is 3. The molecule has 0 aliphatic rings. The molecule has 2 rings (SSSR count). The molecule has 0 radical (unpaired) electrons. The fourth-order valence-electron chi connectivity index (χ4n) is 1.73. The second kappa shape index (κ2) is 5.72. The highest BCUT2D eigenvalue weighted by atomic mass is 35.5. The van der Waals surface area contributed by atoms with Crippen LogP contribution >= 0.6 is 11.6 Å². The molecule has 0 bridgehead atoms. The first-order valence-corrected chi connectivity index (χ1v) is 6.31. The number of benzene rings is 1. The van der Waals surface area contributed by atoms with Gasteiger partial charge in [-0.2, -0.15) is 10.4 Å². The minimum Gasteiger partial charge on any atom is -0.377 e. The Morgan fingerprint density at radius 3 is 2.89 bits per heavy atom. The predicted molar refractivity (Wildman–Crippen MR) is 73.9 cm³/mol. The summed E-state index contributed by atoms with van der Waals surface area (Å²) in [6.45, 7) is 4.63. The molecule has 0 aliphatic heterocycles. The zero-order valence-corrected chi connectivity index (χ0v) is 11.5. The predicted octanol–water partition coefficient (Wildman–Crippen LogP) is 3.00. The Balaban J connectivity index is 2.11. The van der Waals surface area contributed by atoms with Gasteiger partial charge in [-0.25, -0.2) is 9.67 Å². The van der Waals surface area contributed by atoms with E-state index in [0.29, 0.717) is 17.1 Å². The second-order valence-corrected chi connectivity index (χ2v) is 4.78. The van der Waals surface area contributed by atoms with E-state index in [1.165, 1.54) is 6.33 Å². The molecule has 1 N–H and O–H groups in total. The maximum atomic E-state index is 8.78. The number of hydrogen-bond acceptors (Lipinski definition) is 4. The van der Waals surface area contributed by atoms with Gasteiger partial charge in [0.1, 0.15) is 12.2 Å². The molecule has 6 heteroatoms. The molecule has 0 saturated carbocycles. The number of halogens is 1. The van der Waals surface area contributed by atoms with Crippen molar-refractivity contribution >= 4 is 17.3 Å². The lowest BCUT2D eigenvalue weighted by Crippen LogP contribution is -2.12. The van der Waals surface area contributed by atoms with E-state index < -0.39 is 0 Å². The molecule has 0 atom stereocenters. The van der Waals surface area contributed by atoms with Crippen LogP contribution in [0.3, 0.4) is 0 Å². The molecule has 1 aromatic carbocycles. The van der Waals surface area contributed by atoms with Crippen LogP contribution in [0.1, 0.15) is 31.3 Å². The Labute approximate surface area is 116 Å². The van der Waals surface area contributed by atoms with Gasteiger partial charge >= 0.3 is 0 Å². The minimum absolute atomic E-state index is 0.260. The van der Waals surface area contributed by atoms with Crippen LogP contribution < -0.4 is 5.32 Å². The zero-order chi connectivity index (χ0) is 13.8. The van der Waals surface area contributed by atoms with Gasteiger partial charge in [0.05, 0.1) is 28.9 Å². The summed E-state index contributed by atoms with van der Waals surface area (Å²) >= 11 is 6.09. The van der Waals surface area contributed by atoms with Crippen LogP contribution in [0.25, 0.3) is 0 Å². The molecule has 0 spiro atoms. The van der Waals surface area contributed by atoms with Crippen LogP contribution in [0.5, 0.6) is 0 Å². The fraction of sp³-hybridized carbons (Fsp3) is 0.308. The first-order chi connectivity index (χ1) is 9.11. The molecule has 1 heterocycles. The number of hydrogen-bond donors (Lipinski definition) is 1. The number of nitrogens with one attached hydrogen (secondary N) is 1. The average molecular weight is 276 g/mol. The van der Waals surface area contributed by atoms with Gasteiger partial charge in [0.25, 0.3) is 0 Å². The molecule has 0 amide bonds. The molecule has 2 aromatic rings. The summed E-state index contributed by atoms with van der Waals surface area (Å²) in [5.41, 5.74) is 1.32. The van der Waals surface area contributed by atoms with Gasteiger partial charge in [0, 0.05) is 6.04 Å². The largest absolute Gasteiger partial charge is 0.377 e. The lowest BCUT2D eigenvalue weighted by atomic mass is 10.2. The van der Waals surface area contributed by atoms with E-state index in [2.05, 4.69) is 21.5 Å². The zero-order valence-electron chi connectivity index (χ0n) is 10.8. The van der Waals surface area contributed by atoms with E-state index >= 15 is 0 Å². The van der Waals surface area contributed by atoms with Crippen LogP contribution in [0.2, 0.25) is 5.02 Å². The van der Waals surface area contributed by atoms with E-state index in [0.717, 1.165) is 11.5 Å². The normalized spacial score (nSPS) is 10.5. The van der Waals surface area contributed by atoms with Crippen molar-refractivity contribution in [2.24, 2.45) is 0 Å². The van der Waals surface area contributed by atoms with Gasteiger partial charge < -0.3 is 5.32 Å². The number of nitriles is 1. The van der Waals surface area contributed by atoms with Crippen LogP contribution in [-0.2, 0) is 6.54 Å². The Kier molecular flexibility index (Phi) is 4.03. The Morgan fingerprint density at radius 1 is 1.47 bits per heavy atom. The van der Waals surface area contributed by atoms with Crippen LogP contribution in [0, 0.1) is 11.3 Å².